The maximum absolute atomic E-state index is 5.40. The summed E-state index contributed by atoms with van der Waals surface area (Å²) in [5.41, 5.74) is 2.28. The molecule has 18 heavy (non-hydrogen) atoms. The van der Waals surface area contributed by atoms with Gasteiger partial charge in [0.15, 0.2) is 0 Å². The summed E-state index contributed by atoms with van der Waals surface area (Å²) >= 11 is 7.07. The molecule has 90 valence electrons. The highest BCUT2D eigenvalue weighted by Crippen LogP contribution is 2.39. The Morgan fingerprint density at radius 3 is 2.94 bits per heavy atom. The van der Waals surface area contributed by atoms with Crippen molar-refractivity contribution in [2.45, 2.75) is 18.8 Å². The molecular formula is C13H11N3S2. The fourth-order valence-electron chi connectivity index (χ4n) is 2.12. The lowest BCUT2D eigenvalue weighted by atomic mass is 10.3. The van der Waals surface area contributed by atoms with Gasteiger partial charge in [0.1, 0.15) is 4.64 Å². The van der Waals surface area contributed by atoms with Crippen molar-refractivity contribution >= 4 is 33.8 Å². The van der Waals surface area contributed by atoms with E-state index in [0.717, 1.165) is 15.3 Å². The number of para-hydroxylation sites is 1. The predicted molar refractivity (Wildman–Crippen MR) is 76.1 cm³/mol. The first-order chi connectivity index (χ1) is 8.81. The van der Waals surface area contributed by atoms with Crippen molar-refractivity contribution in [2.24, 2.45) is 0 Å². The highest BCUT2D eigenvalue weighted by molar-refractivity contribution is 7.71. The smallest absolute Gasteiger partial charge is 0.210 e. The molecule has 1 aliphatic rings. The van der Waals surface area contributed by atoms with Crippen LogP contribution in [0.1, 0.15) is 24.5 Å². The van der Waals surface area contributed by atoms with Crippen molar-refractivity contribution in [2.75, 3.05) is 0 Å². The fraction of sp³-hybridized carbons (Fsp3) is 0.231. The van der Waals surface area contributed by atoms with Crippen molar-refractivity contribution in [3.05, 3.63) is 40.7 Å². The van der Waals surface area contributed by atoms with Gasteiger partial charge in [-0.25, -0.2) is 9.67 Å². The average molecular weight is 273 g/mol. The Kier molecular flexibility index (Phi) is 2.19. The number of nitrogens with one attached hydrogen (secondary N) is 1. The monoisotopic (exact) mass is 273 g/mol. The molecule has 4 rings (SSSR count). The number of H-pyrrole nitrogens is 1. The van der Waals surface area contributed by atoms with E-state index in [1.165, 1.54) is 23.2 Å². The summed E-state index contributed by atoms with van der Waals surface area (Å²) in [4.78, 5) is 4.62. The van der Waals surface area contributed by atoms with E-state index in [2.05, 4.69) is 22.2 Å². The van der Waals surface area contributed by atoms with E-state index < -0.39 is 0 Å². The van der Waals surface area contributed by atoms with Crippen molar-refractivity contribution in [3.8, 4) is 5.13 Å². The Morgan fingerprint density at radius 1 is 1.33 bits per heavy atom. The summed E-state index contributed by atoms with van der Waals surface area (Å²) in [6, 6.07) is 10.2. The number of thiazole rings is 1. The highest BCUT2D eigenvalue weighted by atomic mass is 32.1. The minimum atomic E-state index is 0.683. The maximum atomic E-state index is 5.40. The summed E-state index contributed by atoms with van der Waals surface area (Å²) in [6.07, 6.45) is 2.55. The van der Waals surface area contributed by atoms with E-state index in [9.17, 15) is 0 Å². The molecule has 0 aliphatic heterocycles. The van der Waals surface area contributed by atoms with Crippen molar-refractivity contribution in [1.29, 1.82) is 0 Å². The van der Waals surface area contributed by atoms with Gasteiger partial charge in [0.25, 0.3) is 0 Å². The van der Waals surface area contributed by atoms with Crippen LogP contribution in [0.5, 0.6) is 0 Å². The predicted octanol–water partition coefficient (Wildman–Crippen LogP) is 4.02. The van der Waals surface area contributed by atoms with Crippen LogP contribution < -0.4 is 0 Å². The zero-order chi connectivity index (χ0) is 12.1. The minimum absolute atomic E-state index is 0.683. The number of hydrogen-bond acceptors (Lipinski definition) is 3. The van der Waals surface area contributed by atoms with Gasteiger partial charge in [-0.1, -0.05) is 35.7 Å². The molecule has 0 spiro atoms. The first-order valence-electron chi connectivity index (χ1n) is 5.99. The van der Waals surface area contributed by atoms with E-state index >= 15 is 0 Å². The van der Waals surface area contributed by atoms with Gasteiger partial charge in [0.05, 0.1) is 10.2 Å². The summed E-state index contributed by atoms with van der Waals surface area (Å²) < 4.78 is 3.93. The largest absolute Gasteiger partial charge is 0.295 e. The third-order valence-corrected chi connectivity index (χ3v) is 4.55. The van der Waals surface area contributed by atoms with Crippen LogP contribution in [0.15, 0.2) is 30.3 Å². The molecule has 2 aromatic heterocycles. The Bertz CT molecular complexity index is 744. The lowest BCUT2D eigenvalue weighted by Gasteiger charge is -1.96. The van der Waals surface area contributed by atoms with Crippen LogP contribution in [0.4, 0.5) is 0 Å². The second-order valence-corrected chi connectivity index (χ2v) is 6.05. The van der Waals surface area contributed by atoms with Crippen LogP contribution >= 0.6 is 23.6 Å². The molecule has 1 aliphatic carbocycles. The normalized spacial score (nSPS) is 15.3. The molecule has 1 saturated carbocycles. The molecule has 1 fully saturated rings. The van der Waals surface area contributed by atoms with Crippen LogP contribution in [0.2, 0.25) is 0 Å². The number of benzene rings is 1. The topological polar surface area (TPSA) is 33.6 Å². The number of aromatic nitrogens is 3. The molecule has 0 amide bonds. The van der Waals surface area contributed by atoms with Crippen LogP contribution in [0.3, 0.4) is 0 Å². The van der Waals surface area contributed by atoms with Gasteiger partial charge in [-0.15, -0.1) is 0 Å². The molecule has 1 aromatic carbocycles. The first-order valence-corrected chi connectivity index (χ1v) is 7.22. The SMILES string of the molecule is S=c1cc(C2CC2)[nH]n1-c1nc2ccccc2s1. The van der Waals surface area contributed by atoms with E-state index in [0.29, 0.717) is 5.92 Å². The van der Waals surface area contributed by atoms with Gasteiger partial charge >= 0.3 is 0 Å². The van der Waals surface area contributed by atoms with Crippen molar-refractivity contribution in [1.82, 2.24) is 14.8 Å². The Balaban J connectivity index is 1.88. The molecule has 0 atom stereocenters. The summed E-state index contributed by atoms with van der Waals surface area (Å²) in [7, 11) is 0. The highest BCUT2D eigenvalue weighted by Gasteiger charge is 2.25. The minimum Gasteiger partial charge on any atom is -0.295 e. The molecule has 1 N–H and O–H groups in total. The summed E-state index contributed by atoms with van der Waals surface area (Å²) in [5, 5.41) is 4.31. The second-order valence-electron chi connectivity index (χ2n) is 4.62. The standard InChI is InChI=1S/C13H11N3S2/c17-12-7-10(8-5-6-8)15-16(12)13-14-9-3-1-2-4-11(9)18-13/h1-4,7-8,15H,5-6H2. The quantitative estimate of drug-likeness (QED) is 0.715. The number of nitrogens with zero attached hydrogens (tertiary/aromatic N) is 2. The summed E-state index contributed by atoms with van der Waals surface area (Å²) in [5.74, 6) is 0.683. The van der Waals surface area contributed by atoms with Crippen molar-refractivity contribution < 1.29 is 0 Å². The van der Waals surface area contributed by atoms with E-state index in [-0.39, 0.29) is 0 Å². The van der Waals surface area contributed by atoms with E-state index in [1.807, 2.05) is 22.9 Å². The third kappa shape index (κ3) is 1.62. The molecule has 2 heterocycles. The van der Waals surface area contributed by atoms with Gasteiger partial charge in [-0.3, -0.25) is 5.10 Å². The van der Waals surface area contributed by atoms with E-state index in [4.69, 9.17) is 12.2 Å². The summed E-state index contributed by atoms with van der Waals surface area (Å²) in [6.45, 7) is 0. The third-order valence-electron chi connectivity index (χ3n) is 3.23. The Morgan fingerprint density at radius 2 is 2.17 bits per heavy atom. The number of aromatic amines is 1. The lowest BCUT2D eigenvalue weighted by Crippen LogP contribution is -1.95. The number of hydrogen-bond donors (Lipinski definition) is 1. The lowest BCUT2D eigenvalue weighted by molar-refractivity contribution is 0.824. The fourth-order valence-corrected chi connectivity index (χ4v) is 3.37. The zero-order valence-corrected chi connectivity index (χ0v) is 11.2. The number of rotatable bonds is 2. The zero-order valence-electron chi connectivity index (χ0n) is 9.59. The van der Waals surface area contributed by atoms with Gasteiger partial charge in [-0.05, 0) is 31.0 Å². The Hall–Kier alpha value is -1.46. The van der Waals surface area contributed by atoms with E-state index in [1.54, 1.807) is 11.3 Å². The van der Waals surface area contributed by atoms with Crippen LogP contribution in [0.25, 0.3) is 15.3 Å². The molecule has 0 unspecified atom stereocenters. The molecule has 5 heteroatoms. The maximum Gasteiger partial charge on any atom is 0.210 e. The molecule has 0 bridgehead atoms. The van der Waals surface area contributed by atoms with Gasteiger partial charge in [0.2, 0.25) is 5.13 Å². The Labute approximate surface area is 113 Å². The molecule has 0 radical (unpaired) electrons. The molecule has 3 nitrogen and oxygen atoms in total. The van der Waals surface area contributed by atoms with Crippen LogP contribution in [-0.4, -0.2) is 14.8 Å². The van der Waals surface area contributed by atoms with Gasteiger partial charge < -0.3 is 0 Å². The molecule has 3 aromatic rings. The van der Waals surface area contributed by atoms with Crippen molar-refractivity contribution in [3.63, 3.8) is 0 Å². The number of fused-ring (bicyclic) bond motifs is 1. The molecule has 0 saturated heterocycles. The average Bonchev–Trinajstić information content (AvgIpc) is 3.01. The van der Waals surface area contributed by atoms with Gasteiger partial charge in [0, 0.05) is 11.6 Å². The second kappa shape index (κ2) is 3.76. The molecular weight excluding hydrogens is 262 g/mol. The van der Waals surface area contributed by atoms with Gasteiger partial charge in [-0.2, -0.15) is 0 Å². The van der Waals surface area contributed by atoms with Crippen LogP contribution in [-0.2, 0) is 0 Å². The van der Waals surface area contributed by atoms with Crippen LogP contribution in [0, 0.1) is 4.64 Å². The first kappa shape index (κ1) is 10.5.